The molecule has 0 spiro atoms. The maximum atomic E-state index is 12.4. The number of nitrogens with zero attached hydrogens (tertiary/aromatic N) is 2. The van der Waals surface area contributed by atoms with Gasteiger partial charge in [-0.1, -0.05) is 12.1 Å². The minimum atomic E-state index is -3.54. The van der Waals surface area contributed by atoms with Crippen LogP contribution in [0.3, 0.4) is 0 Å². The largest absolute Gasteiger partial charge is 0.348 e. The Balaban J connectivity index is 1.94. The third-order valence-corrected chi connectivity index (χ3v) is 6.37. The molecule has 0 saturated carbocycles. The Hall–Kier alpha value is -3.04. The molecule has 1 amide bonds. The summed E-state index contributed by atoms with van der Waals surface area (Å²) in [5.74, 6) is -0.334. The molecule has 0 atom stereocenters. The van der Waals surface area contributed by atoms with Gasteiger partial charge in [0.25, 0.3) is 5.69 Å². The van der Waals surface area contributed by atoms with E-state index in [0.29, 0.717) is 5.56 Å². The van der Waals surface area contributed by atoms with Gasteiger partial charge in [-0.15, -0.1) is 0 Å². The number of hydrogen-bond acceptors (Lipinski definition) is 5. The Kier molecular flexibility index (Phi) is 7.24. The number of amides is 1. The first-order chi connectivity index (χ1) is 13.6. The molecule has 9 heteroatoms. The molecule has 0 radical (unpaired) electrons. The van der Waals surface area contributed by atoms with Crippen LogP contribution >= 0.6 is 0 Å². The Morgan fingerprint density at radius 2 is 1.72 bits per heavy atom. The number of nitrogens with one attached hydrogen (secondary N) is 1. The number of non-ortho nitro benzene ring substituents is 1. The van der Waals surface area contributed by atoms with Gasteiger partial charge in [0.2, 0.25) is 15.9 Å². The maximum Gasteiger partial charge on any atom is 0.269 e. The van der Waals surface area contributed by atoms with Crippen molar-refractivity contribution in [1.82, 2.24) is 9.62 Å². The Morgan fingerprint density at radius 1 is 1.14 bits per heavy atom. The average Bonchev–Trinajstić information content (AvgIpc) is 2.70. The second-order valence-electron chi connectivity index (χ2n) is 6.66. The SMILES string of the molecule is CC(C)N(C)S(=O)(=O)c1ccc(CNC(=O)/C=C/c2ccc([N+](=O)[O-])cc2)cc1. The van der Waals surface area contributed by atoms with Crippen LogP contribution in [0, 0.1) is 10.1 Å². The van der Waals surface area contributed by atoms with Crippen molar-refractivity contribution in [3.05, 3.63) is 75.8 Å². The van der Waals surface area contributed by atoms with Crippen molar-refractivity contribution in [3.63, 3.8) is 0 Å². The molecule has 2 aromatic rings. The van der Waals surface area contributed by atoms with E-state index in [1.54, 1.807) is 44.2 Å². The van der Waals surface area contributed by atoms with E-state index in [1.165, 1.54) is 41.7 Å². The number of sulfonamides is 1. The number of carbonyl (C=O) groups is 1. The summed E-state index contributed by atoms with van der Waals surface area (Å²) in [4.78, 5) is 22.3. The number of hydrogen-bond donors (Lipinski definition) is 1. The van der Waals surface area contributed by atoms with Gasteiger partial charge >= 0.3 is 0 Å². The maximum absolute atomic E-state index is 12.4. The van der Waals surface area contributed by atoms with Gasteiger partial charge in [0.15, 0.2) is 0 Å². The minimum absolute atomic E-state index is 0.0170. The van der Waals surface area contributed by atoms with E-state index in [-0.39, 0.29) is 29.1 Å². The van der Waals surface area contributed by atoms with Crippen LogP contribution < -0.4 is 5.32 Å². The first kappa shape index (κ1) is 22.3. The smallest absolute Gasteiger partial charge is 0.269 e. The second-order valence-corrected chi connectivity index (χ2v) is 8.66. The van der Waals surface area contributed by atoms with Crippen molar-refractivity contribution in [2.45, 2.75) is 31.3 Å². The predicted octanol–water partition coefficient (Wildman–Crippen LogP) is 2.95. The van der Waals surface area contributed by atoms with Crippen molar-refractivity contribution < 1.29 is 18.1 Å². The van der Waals surface area contributed by atoms with Crippen LogP contribution in [0.4, 0.5) is 5.69 Å². The zero-order valence-corrected chi connectivity index (χ0v) is 17.2. The monoisotopic (exact) mass is 417 g/mol. The molecule has 154 valence electrons. The Labute approximate surface area is 170 Å². The van der Waals surface area contributed by atoms with Crippen molar-refractivity contribution in [2.24, 2.45) is 0 Å². The molecule has 0 fully saturated rings. The quantitative estimate of drug-likeness (QED) is 0.403. The lowest BCUT2D eigenvalue weighted by Crippen LogP contribution is -2.33. The third-order valence-electron chi connectivity index (χ3n) is 4.33. The van der Waals surface area contributed by atoms with Gasteiger partial charge in [0.1, 0.15) is 0 Å². The lowest BCUT2D eigenvalue weighted by Gasteiger charge is -2.21. The second kappa shape index (κ2) is 9.44. The average molecular weight is 417 g/mol. The van der Waals surface area contributed by atoms with Crippen molar-refractivity contribution >= 4 is 27.7 Å². The van der Waals surface area contributed by atoms with Crippen molar-refractivity contribution in [2.75, 3.05) is 7.05 Å². The molecule has 0 aliphatic rings. The molecule has 0 aliphatic heterocycles. The van der Waals surface area contributed by atoms with Crippen molar-refractivity contribution in [1.29, 1.82) is 0 Å². The number of nitro groups is 1. The number of carbonyl (C=O) groups excluding carboxylic acids is 1. The molecule has 2 aromatic carbocycles. The van der Waals surface area contributed by atoms with Crippen LogP contribution in [-0.4, -0.2) is 36.6 Å². The summed E-state index contributed by atoms with van der Waals surface area (Å²) in [6, 6.07) is 12.0. The summed E-state index contributed by atoms with van der Waals surface area (Å²) in [5, 5.41) is 13.3. The van der Waals surface area contributed by atoms with Gasteiger partial charge in [-0.25, -0.2) is 8.42 Å². The predicted molar refractivity (Wildman–Crippen MR) is 111 cm³/mol. The van der Waals surface area contributed by atoms with Gasteiger partial charge in [0, 0.05) is 37.8 Å². The zero-order valence-electron chi connectivity index (χ0n) is 16.4. The van der Waals surface area contributed by atoms with E-state index in [1.807, 2.05) is 0 Å². The fourth-order valence-electron chi connectivity index (χ4n) is 2.35. The standard InChI is InChI=1S/C20H23N3O5S/c1-15(2)22(3)29(27,28)19-11-6-17(7-12-19)14-21-20(24)13-8-16-4-9-18(10-5-16)23(25)26/h4-13,15H,14H2,1-3H3,(H,21,24)/b13-8+. The van der Waals surface area contributed by atoms with Crippen LogP contribution in [-0.2, 0) is 21.4 Å². The van der Waals surface area contributed by atoms with Crippen molar-refractivity contribution in [3.8, 4) is 0 Å². The summed E-state index contributed by atoms with van der Waals surface area (Å²) in [6.07, 6.45) is 2.88. The normalized spacial score (nSPS) is 11.9. The highest BCUT2D eigenvalue weighted by Gasteiger charge is 2.22. The molecule has 0 unspecified atom stereocenters. The van der Waals surface area contributed by atoms with Gasteiger partial charge in [-0.3, -0.25) is 14.9 Å². The van der Waals surface area contributed by atoms with Gasteiger partial charge in [-0.2, -0.15) is 4.31 Å². The van der Waals surface area contributed by atoms with Crippen LogP contribution in [0.25, 0.3) is 6.08 Å². The third kappa shape index (κ3) is 5.97. The summed E-state index contributed by atoms with van der Waals surface area (Å²) < 4.78 is 26.2. The van der Waals surface area contributed by atoms with Crippen LogP contribution in [0.5, 0.6) is 0 Å². The zero-order chi connectivity index (χ0) is 21.6. The van der Waals surface area contributed by atoms with Gasteiger partial charge in [0.05, 0.1) is 9.82 Å². The molecule has 1 N–H and O–H groups in total. The van der Waals surface area contributed by atoms with E-state index >= 15 is 0 Å². The number of benzene rings is 2. The van der Waals surface area contributed by atoms with E-state index < -0.39 is 14.9 Å². The van der Waals surface area contributed by atoms with Crippen LogP contribution in [0.2, 0.25) is 0 Å². The summed E-state index contributed by atoms with van der Waals surface area (Å²) in [7, 11) is -2.01. The molecule has 0 bridgehead atoms. The Bertz CT molecular complexity index is 997. The van der Waals surface area contributed by atoms with E-state index in [0.717, 1.165) is 5.56 Å². The first-order valence-electron chi connectivity index (χ1n) is 8.88. The van der Waals surface area contributed by atoms with Crippen LogP contribution in [0.1, 0.15) is 25.0 Å². The first-order valence-corrected chi connectivity index (χ1v) is 10.3. The molecule has 8 nitrogen and oxygen atoms in total. The van der Waals surface area contributed by atoms with Gasteiger partial charge in [-0.05, 0) is 55.3 Å². The van der Waals surface area contributed by atoms with E-state index in [4.69, 9.17) is 0 Å². The van der Waals surface area contributed by atoms with E-state index in [9.17, 15) is 23.3 Å². The fourth-order valence-corrected chi connectivity index (χ4v) is 3.72. The number of nitro benzene ring substituents is 1. The minimum Gasteiger partial charge on any atom is -0.348 e. The molecule has 0 saturated heterocycles. The number of rotatable bonds is 8. The lowest BCUT2D eigenvalue weighted by atomic mass is 10.2. The summed E-state index contributed by atoms with van der Waals surface area (Å²) in [5.41, 5.74) is 1.40. The molecular weight excluding hydrogens is 394 g/mol. The molecule has 0 aromatic heterocycles. The molecule has 2 rings (SSSR count). The fraction of sp³-hybridized carbons (Fsp3) is 0.250. The highest BCUT2D eigenvalue weighted by Crippen LogP contribution is 2.17. The molecule has 0 heterocycles. The summed E-state index contributed by atoms with van der Waals surface area (Å²) >= 11 is 0. The highest BCUT2D eigenvalue weighted by atomic mass is 32.2. The van der Waals surface area contributed by atoms with Gasteiger partial charge < -0.3 is 5.32 Å². The Morgan fingerprint density at radius 3 is 2.24 bits per heavy atom. The molecule has 0 aliphatic carbocycles. The van der Waals surface area contributed by atoms with E-state index in [2.05, 4.69) is 5.32 Å². The summed E-state index contributed by atoms with van der Waals surface area (Å²) in [6.45, 7) is 3.83. The lowest BCUT2D eigenvalue weighted by molar-refractivity contribution is -0.384. The van der Waals surface area contributed by atoms with Crippen LogP contribution in [0.15, 0.2) is 59.5 Å². The molecular formula is C20H23N3O5S. The molecule has 29 heavy (non-hydrogen) atoms. The highest BCUT2D eigenvalue weighted by molar-refractivity contribution is 7.89. The topological polar surface area (TPSA) is 110 Å².